The molecule has 0 spiro atoms. The molecule has 2 rings (SSSR count). The van der Waals surface area contributed by atoms with E-state index in [0.29, 0.717) is 12.1 Å². The monoisotopic (exact) mass is 260 g/mol. The second-order valence-corrected chi connectivity index (χ2v) is 5.45. The maximum atomic E-state index is 4.34. The summed E-state index contributed by atoms with van der Waals surface area (Å²) in [5.74, 6) is 0. The van der Waals surface area contributed by atoms with Crippen LogP contribution >= 0.6 is 11.3 Å². The normalized spacial score (nSPS) is 14.3. The van der Waals surface area contributed by atoms with E-state index >= 15 is 0 Å². The van der Waals surface area contributed by atoms with Crippen molar-refractivity contribution in [2.45, 2.75) is 38.8 Å². The molecule has 1 aromatic heterocycles. The predicted octanol–water partition coefficient (Wildman–Crippen LogP) is 3.82. The summed E-state index contributed by atoms with van der Waals surface area (Å²) < 4.78 is 0. The highest BCUT2D eigenvalue weighted by molar-refractivity contribution is 7.07. The number of nitrogens with one attached hydrogen (secondary N) is 1. The molecule has 0 saturated heterocycles. The Morgan fingerprint density at radius 1 is 1.22 bits per heavy atom. The number of thiazole rings is 1. The molecule has 1 N–H and O–H groups in total. The summed E-state index contributed by atoms with van der Waals surface area (Å²) in [7, 11) is 0. The molecule has 96 valence electrons. The Morgan fingerprint density at radius 2 is 2.00 bits per heavy atom. The lowest BCUT2D eigenvalue weighted by Crippen LogP contribution is -2.29. The molecule has 0 aliphatic rings. The molecule has 0 radical (unpaired) electrons. The van der Waals surface area contributed by atoms with Crippen LogP contribution in [-0.4, -0.2) is 11.0 Å². The Kier molecular flexibility index (Phi) is 4.90. The van der Waals surface area contributed by atoms with Crippen molar-refractivity contribution in [3.05, 3.63) is 52.5 Å². The standard InChI is InChI=1S/C15H20N2S/c1-12(8-9-14-6-4-3-5-7-14)17-13(2)15-10-18-11-16-15/h3-7,10-13,17H,8-9H2,1-2H3. The van der Waals surface area contributed by atoms with Crippen molar-refractivity contribution < 1.29 is 0 Å². The van der Waals surface area contributed by atoms with Crippen LogP contribution in [-0.2, 0) is 6.42 Å². The van der Waals surface area contributed by atoms with Gasteiger partial charge >= 0.3 is 0 Å². The van der Waals surface area contributed by atoms with E-state index in [4.69, 9.17) is 0 Å². The van der Waals surface area contributed by atoms with Gasteiger partial charge < -0.3 is 5.32 Å². The van der Waals surface area contributed by atoms with Crippen LogP contribution in [0.4, 0.5) is 0 Å². The number of aryl methyl sites for hydroxylation is 1. The quantitative estimate of drug-likeness (QED) is 0.854. The maximum absolute atomic E-state index is 4.34. The summed E-state index contributed by atoms with van der Waals surface area (Å²) >= 11 is 1.65. The lowest BCUT2D eigenvalue weighted by Gasteiger charge is -2.18. The molecule has 0 aliphatic heterocycles. The van der Waals surface area contributed by atoms with Crippen LogP contribution in [0.2, 0.25) is 0 Å². The van der Waals surface area contributed by atoms with Gasteiger partial charge in [-0.05, 0) is 32.3 Å². The minimum atomic E-state index is 0.335. The van der Waals surface area contributed by atoms with E-state index in [9.17, 15) is 0 Å². The van der Waals surface area contributed by atoms with Gasteiger partial charge in [-0.25, -0.2) is 4.98 Å². The van der Waals surface area contributed by atoms with Crippen LogP contribution in [0.5, 0.6) is 0 Å². The zero-order valence-corrected chi connectivity index (χ0v) is 11.8. The number of aromatic nitrogens is 1. The molecule has 2 nitrogen and oxygen atoms in total. The molecular formula is C15H20N2S. The average molecular weight is 260 g/mol. The van der Waals surface area contributed by atoms with Crippen molar-refractivity contribution in [3.63, 3.8) is 0 Å². The van der Waals surface area contributed by atoms with Crippen LogP contribution in [0, 0.1) is 0 Å². The largest absolute Gasteiger partial charge is 0.306 e. The summed E-state index contributed by atoms with van der Waals surface area (Å²) in [6, 6.07) is 11.5. The van der Waals surface area contributed by atoms with Gasteiger partial charge in [0.1, 0.15) is 0 Å². The lowest BCUT2D eigenvalue weighted by atomic mass is 10.1. The van der Waals surface area contributed by atoms with Crippen LogP contribution in [0.15, 0.2) is 41.2 Å². The summed E-state index contributed by atoms with van der Waals surface area (Å²) in [6.07, 6.45) is 2.28. The molecule has 0 fully saturated rings. The van der Waals surface area contributed by atoms with Crippen molar-refractivity contribution in [2.24, 2.45) is 0 Å². The summed E-state index contributed by atoms with van der Waals surface area (Å²) in [6.45, 7) is 4.42. The molecular weight excluding hydrogens is 240 g/mol. The fraction of sp³-hybridized carbons (Fsp3) is 0.400. The van der Waals surface area contributed by atoms with Gasteiger partial charge in [0.2, 0.25) is 0 Å². The minimum absolute atomic E-state index is 0.335. The average Bonchev–Trinajstić information content (AvgIpc) is 2.91. The lowest BCUT2D eigenvalue weighted by molar-refractivity contribution is 0.451. The van der Waals surface area contributed by atoms with Gasteiger partial charge in [0.05, 0.1) is 11.2 Å². The first-order valence-electron chi connectivity index (χ1n) is 6.44. The number of benzene rings is 1. The van der Waals surface area contributed by atoms with Gasteiger partial charge in [-0.2, -0.15) is 0 Å². The van der Waals surface area contributed by atoms with E-state index in [-0.39, 0.29) is 0 Å². The number of hydrogen-bond donors (Lipinski definition) is 1. The van der Waals surface area contributed by atoms with Crippen molar-refractivity contribution >= 4 is 11.3 Å². The zero-order valence-electron chi connectivity index (χ0n) is 11.0. The van der Waals surface area contributed by atoms with Crippen molar-refractivity contribution in [1.82, 2.24) is 10.3 Å². The third-order valence-corrected chi connectivity index (χ3v) is 3.74. The second-order valence-electron chi connectivity index (χ2n) is 4.73. The van der Waals surface area contributed by atoms with Gasteiger partial charge in [-0.15, -0.1) is 11.3 Å². The van der Waals surface area contributed by atoms with Gasteiger partial charge in [0.15, 0.2) is 0 Å². The molecule has 0 amide bonds. The van der Waals surface area contributed by atoms with E-state index in [2.05, 4.69) is 59.9 Å². The predicted molar refractivity (Wildman–Crippen MR) is 77.9 cm³/mol. The molecule has 0 bridgehead atoms. The van der Waals surface area contributed by atoms with E-state index in [1.807, 2.05) is 5.51 Å². The molecule has 1 heterocycles. The summed E-state index contributed by atoms with van der Waals surface area (Å²) in [5, 5.41) is 5.71. The van der Waals surface area contributed by atoms with Crippen LogP contribution in [0.3, 0.4) is 0 Å². The van der Waals surface area contributed by atoms with Crippen molar-refractivity contribution in [2.75, 3.05) is 0 Å². The van der Waals surface area contributed by atoms with Crippen LogP contribution in [0.1, 0.15) is 37.6 Å². The SMILES string of the molecule is CC(CCc1ccccc1)NC(C)c1cscn1. The van der Waals surface area contributed by atoms with E-state index in [1.165, 1.54) is 5.56 Å². The van der Waals surface area contributed by atoms with E-state index in [0.717, 1.165) is 18.5 Å². The Bertz CT molecular complexity index is 439. The Labute approximate surface area is 113 Å². The topological polar surface area (TPSA) is 24.9 Å². The molecule has 1 aromatic carbocycles. The van der Waals surface area contributed by atoms with Gasteiger partial charge in [-0.3, -0.25) is 0 Å². The highest BCUT2D eigenvalue weighted by atomic mass is 32.1. The molecule has 2 unspecified atom stereocenters. The molecule has 0 saturated carbocycles. The molecule has 18 heavy (non-hydrogen) atoms. The van der Waals surface area contributed by atoms with Gasteiger partial charge in [0, 0.05) is 17.5 Å². The summed E-state index contributed by atoms with van der Waals surface area (Å²) in [5.41, 5.74) is 4.45. The first-order valence-corrected chi connectivity index (χ1v) is 7.38. The highest BCUT2D eigenvalue weighted by Gasteiger charge is 2.10. The van der Waals surface area contributed by atoms with E-state index < -0.39 is 0 Å². The first kappa shape index (κ1) is 13.2. The third kappa shape index (κ3) is 3.93. The smallest absolute Gasteiger partial charge is 0.0795 e. The number of hydrogen-bond acceptors (Lipinski definition) is 3. The van der Waals surface area contributed by atoms with Crippen LogP contribution in [0.25, 0.3) is 0 Å². The maximum Gasteiger partial charge on any atom is 0.0795 e. The number of nitrogens with zero attached hydrogens (tertiary/aromatic N) is 1. The Hall–Kier alpha value is -1.19. The summed E-state index contributed by atoms with van der Waals surface area (Å²) in [4.78, 5) is 4.34. The second kappa shape index (κ2) is 6.66. The van der Waals surface area contributed by atoms with Gasteiger partial charge in [-0.1, -0.05) is 30.3 Å². The molecule has 2 aromatic rings. The Balaban J connectivity index is 1.77. The third-order valence-electron chi connectivity index (χ3n) is 3.14. The molecule has 3 heteroatoms. The van der Waals surface area contributed by atoms with Gasteiger partial charge in [0.25, 0.3) is 0 Å². The minimum Gasteiger partial charge on any atom is -0.306 e. The fourth-order valence-corrected chi connectivity index (χ4v) is 2.71. The fourth-order valence-electron chi connectivity index (χ4n) is 2.06. The van der Waals surface area contributed by atoms with Crippen LogP contribution < -0.4 is 5.32 Å². The Morgan fingerprint density at radius 3 is 2.67 bits per heavy atom. The van der Waals surface area contributed by atoms with Crippen molar-refractivity contribution in [3.8, 4) is 0 Å². The molecule has 2 atom stereocenters. The van der Waals surface area contributed by atoms with E-state index in [1.54, 1.807) is 11.3 Å². The zero-order chi connectivity index (χ0) is 12.8. The molecule has 0 aliphatic carbocycles. The highest BCUT2D eigenvalue weighted by Crippen LogP contribution is 2.14. The first-order chi connectivity index (χ1) is 8.75. The number of rotatable bonds is 6. The van der Waals surface area contributed by atoms with Crippen molar-refractivity contribution in [1.29, 1.82) is 0 Å².